The van der Waals surface area contributed by atoms with Crippen LogP contribution in [0.2, 0.25) is 5.02 Å². The van der Waals surface area contributed by atoms with Crippen molar-refractivity contribution in [2.45, 2.75) is 25.0 Å². The van der Waals surface area contributed by atoms with E-state index >= 15 is 0 Å². The van der Waals surface area contributed by atoms with E-state index < -0.39 is 23.9 Å². The van der Waals surface area contributed by atoms with Gasteiger partial charge in [-0.05, 0) is 29.7 Å². The molecule has 0 unspecified atom stereocenters. The monoisotopic (exact) mass is 415 g/mol. The van der Waals surface area contributed by atoms with Crippen LogP contribution in [-0.4, -0.2) is 40.6 Å². The van der Waals surface area contributed by atoms with Crippen LogP contribution in [0.1, 0.15) is 12.0 Å². The lowest BCUT2D eigenvalue weighted by atomic mass is 10.0. The van der Waals surface area contributed by atoms with E-state index in [0.29, 0.717) is 17.3 Å². The van der Waals surface area contributed by atoms with Gasteiger partial charge < -0.3 is 20.7 Å². The summed E-state index contributed by atoms with van der Waals surface area (Å²) < 4.78 is 14.0. The first-order chi connectivity index (χ1) is 13.9. The number of fused-ring (bicyclic) bond motifs is 1. The summed E-state index contributed by atoms with van der Waals surface area (Å²) in [6.07, 6.45) is -0.579. The number of hydrogen-bond donors (Lipinski definition) is 4. The Morgan fingerprint density at radius 3 is 2.72 bits per heavy atom. The molecule has 4 rings (SSSR count). The first kappa shape index (κ1) is 19.4. The Balaban J connectivity index is 1.63. The number of aromatic amines is 1. The number of nitrogens with one attached hydrogen (secondary N) is 3. The molecule has 4 N–H and O–H groups in total. The van der Waals surface area contributed by atoms with Gasteiger partial charge in [-0.2, -0.15) is 0 Å². The Morgan fingerprint density at radius 1 is 1.28 bits per heavy atom. The van der Waals surface area contributed by atoms with E-state index in [1.807, 2.05) is 30.3 Å². The molecule has 6 nitrogen and oxygen atoms in total. The van der Waals surface area contributed by atoms with Crippen LogP contribution in [0.4, 0.5) is 4.39 Å². The average molecular weight is 416 g/mol. The van der Waals surface area contributed by atoms with E-state index in [9.17, 15) is 19.1 Å². The van der Waals surface area contributed by atoms with Gasteiger partial charge in [0, 0.05) is 24.0 Å². The van der Waals surface area contributed by atoms with Crippen LogP contribution < -0.4 is 10.6 Å². The molecule has 0 radical (unpaired) electrons. The number of hydrogen-bond acceptors (Lipinski definition) is 3. The standard InChI is InChI=1S/C21H19ClFN3O3/c22-15-9-12(23)8-14-13(18(26-19(14)15)11-4-2-1-3-5-11)6-7-17(28)25-20-16(27)10-24-21(20)29/h1-5,8-9,16,20,26-27H,6-7,10H2,(H,24,29)(H,25,28)/t16-,20+/m1/s1. The van der Waals surface area contributed by atoms with Crippen molar-refractivity contribution in [2.75, 3.05) is 6.54 Å². The van der Waals surface area contributed by atoms with E-state index in [1.165, 1.54) is 12.1 Å². The quantitative estimate of drug-likeness (QED) is 0.516. The van der Waals surface area contributed by atoms with Crippen LogP contribution >= 0.6 is 11.6 Å². The molecule has 2 atom stereocenters. The number of β-amino-alcohol motifs (C(OH)–C–C–N with tert-alkyl or cyclic N) is 1. The number of benzene rings is 2. The minimum atomic E-state index is -0.953. The minimum absolute atomic E-state index is 0.0669. The predicted molar refractivity (Wildman–Crippen MR) is 108 cm³/mol. The predicted octanol–water partition coefficient (Wildman–Crippen LogP) is 2.54. The van der Waals surface area contributed by atoms with Crippen LogP contribution in [0.15, 0.2) is 42.5 Å². The molecule has 2 aromatic carbocycles. The number of carbonyl (C=O) groups is 2. The second kappa shape index (κ2) is 7.85. The molecule has 150 valence electrons. The average Bonchev–Trinajstić information content (AvgIpc) is 3.22. The third kappa shape index (κ3) is 3.83. The largest absolute Gasteiger partial charge is 0.389 e. The van der Waals surface area contributed by atoms with Gasteiger partial charge in [-0.25, -0.2) is 4.39 Å². The molecular formula is C21H19ClFN3O3. The van der Waals surface area contributed by atoms with Crippen molar-refractivity contribution in [1.82, 2.24) is 15.6 Å². The molecule has 8 heteroatoms. The molecule has 0 bridgehead atoms. The zero-order valence-corrected chi connectivity index (χ0v) is 16.1. The Bertz CT molecular complexity index is 1080. The summed E-state index contributed by atoms with van der Waals surface area (Å²) in [6.45, 7) is 0.113. The van der Waals surface area contributed by atoms with E-state index in [-0.39, 0.29) is 23.9 Å². The highest BCUT2D eigenvalue weighted by Gasteiger charge is 2.34. The van der Waals surface area contributed by atoms with Gasteiger partial charge in [0.15, 0.2) is 0 Å². The molecule has 29 heavy (non-hydrogen) atoms. The maximum absolute atomic E-state index is 14.0. The Kier molecular flexibility index (Phi) is 5.25. The van der Waals surface area contributed by atoms with Crippen molar-refractivity contribution < 1.29 is 19.1 Å². The first-order valence-electron chi connectivity index (χ1n) is 9.24. The van der Waals surface area contributed by atoms with Crippen molar-refractivity contribution >= 4 is 34.3 Å². The summed E-state index contributed by atoms with van der Waals surface area (Å²) in [5.74, 6) is -1.24. The van der Waals surface area contributed by atoms with Crippen LogP contribution in [0, 0.1) is 5.82 Å². The van der Waals surface area contributed by atoms with Gasteiger partial charge in [0.1, 0.15) is 18.0 Å². The van der Waals surface area contributed by atoms with Crippen molar-refractivity contribution in [3.63, 3.8) is 0 Å². The highest BCUT2D eigenvalue weighted by molar-refractivity contribution is 6.35. The fourth-order valence-electron chi connectivity index (χ4n) is 3.64. The molecule has 0 spiro atoms. The molecule has 0 aliphatic carbocycles. The highest BCUT2D eigenvalue weighted by Crippen LogP contribution is 2.35. The van der Waals surface area contributed by atoms with E-state index in [0.717, 1.165) is 16.8 Å². The maximum atomic E-state index is 14.0. The van der Waals surface area contributed by atoms with Crippen LogP contribution in [-0.2, 0) is 16.0 Å². The van der Waals surface area contributed by atoms with E-state index in [4.69, 9.17) is 11.6 Å². The summed E-state index contributed by atoms with van der Waals surface area (Å²) >= 11 is 6.22. The van der Waals surface area contributed by atoms with Crippen LogP contribution in [0.5, 0.6) is 0 Å². The van der Waals surface area contributed by atoms with Gasteiger partial charge in [0.05, 0.1) is 10.5 Å². The fraction of sp³-hybridized carbons (Fsp3) is 0.238. The Hall–Kier alpha value is -2.90. The molecule has 2 heterocycles. The number of halogens is 2. The Morgan fingerprint density at radius 2 is 2.03 bits per heavy atom. The molecule has 1 fully saturated rings. The lowest BCUT2D eigenvalue weighted by Gasteiger charge is -2.13. The molecule has 3 aromatic rings. The highest BCUT2D eigenvalue weighted by atomic mass is 35.5. The lowest BCUT2D eigenvalue weighted by molar-refractivity contribution is -0.128. The van der Waals surface area contributed by atoms with Gasteiger partial charge in [0.2, 0.25) is 11.8 Å². The smallest absolute Gasteiger partial charge is 0.245 e. The summed E-state index contributed by atoms with van der Waals surface area (Å²) in [5.41, 5.74) is 3.02. The van der Waals surface area contributed by atoms with Crippen molar-refractivity contribution in [3.8, 4) is 11.3 Å². The number of H-pyrrole nitrogens is 1. The third-order valence-electron chi connectivity index (χ3n) is 5.07. The van der Waals surface area contributed by atoms with Gasteiger partial charge in [-0.3, -0.25) is 9.59 Å². The Labute approximate surface area is 171 Å². The van der Waals surface area contributed by atoms with Crippen LogP contribution in [0.25, 0.3) is 22.2 Å². The zero-order chi connectivity index (χ0) is 20.5. The normalized spacial score (nSPS) is 18.8. The molecule has 1 aliphatic rings. The number of aromatic nitrogens is 1. The molecular weight excluding hydrogens is 397 g/mol. The number of amides is 2. The first-order valence-corrected chi connectivity index (χ1v) is 9.62. The lowest BCUT2D eigenvalue weighted by Crippen LogP contribution is -2.45. The van der Waals surface area contributed by atoms with Gasteiger partial charge >= 0.3 is 0 Å². The second-order valence-corrected chi connectivity index (χ2v) is 7.42. The summed E-state index contributed by atoms with van der Waals surface area (Å²) in [6, 6.07) is 11.2. The van der Waals surface area contributed by atoms with E-state index in [2.05, 4.69) is 15.6 Å². The third-order valence-corrected chi connectivity index (χ3v) is 5.36. The van der Waals surface area contributed by atoms with Gasteiger partial charge in [0.25, 0.3) is 0 Å². The van der Waals surface area contributed by atoms with Crippen LogP contribution in [0.3, 0.4) is 0 Å². The summed E-state index contributed by atoms with van der Waals surface area (Å²) in [4.78, 5) is 27.3. The van der Waals surface area contributed by atoms with Crippen molar-refractivity contribution in [3.05, 3.63) is 58.9 Å². The minimum Gasteiger partial charge on any atom is -0.389 e. The van der Waals surface area contributed by atoms with Crippen molar-refractivity contribution in [1.29, 1.82) is 0 Å². The molecule has 2 amide bonds. The number of carbonyl (C=O) groups excluding carboxylic acids is 2. The summed E-state index contributed by atoms with van der Waals surface area (Å²) in [7, 11) is 0. The number of aryl methyl sites for hydroxylation is 1. The number of rotatable bonds is 5. The maximum Gasteiger partial charge on any atom is 0.245 e. The molecule has 1 saturated heterocycles. The number of aliphatic hydroxyl groups is 1. The van der Waals surface area contributed by atoms with Gasteiger partial charge in [-0.15, -0.1) is 0 Å². The van der Waals surface area contributed by atoms with Crippen molar-refractivity contribution in [2.24, 2.45) is 0 Å². The topological polar surface area (TPSA) is 94.2 Å². The molecule has 1 aromatic heterocycles. The molecule has 0 saturated carbocycles. The van der Waals surface area contributed by atoms with E-state index in [1.54, 1.807) is 0 Å². The fourth-order valence-corrected chi connectivity index (χ4v) is 3.89. The number of aliphatic hydroxyl groups excluding tert-OH is 1. The SMILES string of the molecule is O=C(CCc1c(-c2ccccc2)[nH]c2c(Cl)cc(F)cc12)N[C@@H]1C(=O)NC[C@H]1O. The summed E-state index contributed by atoms with van der Waals surface area (Å²) in [5, 5.41) is 15.7. The molecule has 1 aliphatic heterocycles. The van der Waals surface area contributed by atoms with Gasteiger partial charge in [-0.1, -0.05) is 41.9 Å². The second-order valence-electron chi connectivity index (χ2n) is 7.01. The zero-order valence-electron chi connectivity index (χ0n) is 15.3.